The topological polar surface area (TPSA) is 27.7 Å². The van der Waals surface area contributed by atoms with Gasteiger partial charge in [-0.1, -0.05) is 39.0 Å². The van der Waals surface area contributed by atoms with Crippen LogP contribution in [0.1, 0.15) is 45.4 Å². The highest BCUT2D eigenvalue weighted by Crippen LogP contribution is 2.04. The maximum absolute atomic E-state index is 5.47. The second-order valence-electron chi connectivity index (χ2n) is 4.10. The summed E-state index contributed by atoms with van der Waals surface area (Å²) in [6, 6.07) is 0. The van der Waals surface area contributed by atoms with Gasteiger partial charge in [0, 0.05) is 13.2 Å². The van der Waals surface area contributed by atoms with Crippen molar-refractivity contribution in [3.05, 3.63) is 6.92 Å². The smallest absolute Gasteiger partial charge is 0.0701 e. The molecule has 0 N–H and O–H groups in total. The van der Waals surface area contributed by atoms with Gasteiger partial charge in [-0.2, -0.15) is 0 Å². The van der Waals surface area contributed by atoms with E-state index in [1.165, 1.54) is 38.5 Å². The van der Waals surface area contributed by atoms with E-state index in [9.17, 15) is 0 Å². The van der Waals surface area contributed by atoms with Crippen molar-refractivity contribution in [3.8, 4) is 0 Å². The summed E-state index contributed by atoms with van der Waals surface area (Å²) in [4.78, 5) is 0. The van der Waals surface area contributed by atoms with E-state index in [1.54, 1.807) is 0 Å². The highest BCUT2D eigenvalue weighted by molar-refractivity contribution is 4.43. The number of ether oxygens (including phenoxy) is 3. The van der Waals surface area contributed by atoms with Crippen molar-refractivity contribution in [2.24, 2.45) is 0 Å². The third-order valence-corrected chi connectivity index (χ3v) is 2.53. The fourth-order valence-corrected chi connectivity index (χ4v) is 1.53. The van der Waals surface area contributed by atoms with Crippen molar-refractivity contribution in [1.82, 2.24) is 0 Å². The van der Waals surface area contributed by atoms with Crippen LogP contribution in [-0.2, 0) is 14.2 Å². The summed E-state index contributed by atoms with van der Waals surface area (Å²) in [5, 5.41) is 0. The average molecular weight is 245 g/mol. The molecule has 17 heavy (non-hydrogen) atoms. The average Bonchev–Trinajstić information content (AvgIpc) is 2.35. The Bertz CT molecular complexity index is 115. The zero-order valence-electron chi connectivity index (χ0n) is 11.4. The van der Waals surface area contributed by atoms with Gasteiger partial charge in [0.1, 0.15) is 0 Å². The molecule has 0 aromatic heterocycles. The lowest BCUT2D eigenvalue weighted by Crippen LogP contribution is -2.09. The molecule has 3 heteroatoms. The summed E-state index contributed by atoms with van der Waals surface area (Å²) in [6.07, 6.45) is 7.85. The van der Waals surface area contributed by atoms with E-state index in [2.05, 4.69) is 13.8 Å². The van der Waals surface area contributed by atoms with Gasteiger partial charge in [0.2, 0.25) is 0 Å². The van der Waals surface area contributed by atoms with E-state index in [4.69, 9.17) is 14.2 Å². The van der Waals surface area contributed by atoms with Crippen molar-refractivity contribution in [1.29, 1.82) is 0 Å². The van der Waals surface area contributed by atoms with Crippen molar-refractivity contribution >= 4 is 0 Å². The Hall–Kier alpha value is -0.120. The molecule has 0 aromatic rings. The second kappa shape index (κ2) is 15.9. The van der Waals surface area contributed by atoms with Gasteiger partial charge in [-0.15, -0.1) is 0 Å². The molecule has 0 fully saturated rings. The second-order valence-corrected chi connectivity index (χ2v) is 4.10. The molecule has 0 aromatic carbocycles. The molecule has 0 saturated carbocycles. The first-order chi connectivity index (χ1) is 8.41. The van der Waals surface area contributed by atoms with Gasteiger partial charge in [-0.25, -0.2) is 0 Å². The number of rotatable bonds is 14. The molecule has 0 aliphatic rings. The molecular weight excluding hydrogens is 216 g/mol. The Labute approximate surface area is 107 Å². The molecule has 0 rings (SSSR count). The Morgan fingerprint density at radius 2 is 1.18 bits per heavy atom. The van der Waals surface area contributed by atoms with Crippen LogP contribution in [0.15, 0.2) is 0 Å². The lowest BCUT2D eigenvalue weighted by atomic mass is 10.1. The van der Waals surface area contributed by atoms with Crippen LogP contribution >= 0.6 is 0 Å². The van der Waals surface area contributed by atoms with Crippen LogP contribution in [0, 0.1) is 6.92 Å². The van der Waals surface area contributed by atoms with Crippen LogP contribution in [0.4, 0.5) is 0 Å². The molecule has 0 heterocycles. The summed E-state index contributed by atoms with van der Waals surface area (Å²) in [6.45, 7) is 9.81. The van der Waals surface area contributed by atoms with Gasteiger partial charge in [-0.3, -0.25) is 0 Å². The molecule has 0 spiro atoms. The van der Waals surface area contributed by atoms with E-state index >= 15 is 0 Å². The number of hydrogen-bond donors (Lipinski definition) is 0. The van der Waals surface area contributed by atoms with Crippen LogP contribution in [0.5, 0.6) is 0 Å². The van der Waals surface area contributed by atoms with E-state index in [0.29, 0.717) is 33.0 Å². The van der Waals surface area contributed by atoms with Crippen LogP contribution < -0.4 is 0 Å². The predicted molar refractivity (Wildman–Crippen MR) is 71.2 cm³/mol. The third-order valence-electron chi connectivity index (χ3n) is 2.53. The van der Waals surface area contributed by atoms with Crippen LogP contribution in [0.3, 0.4) is 0 Å². The molecule has 0 saturated heterocycles. The highest BCUT2D eigenvalue weighted by Gasteiger charge is 1.92. The van der Waals surface area contributed by atoms with Gasteiger partial charge >= 0.3 is 0 Å². The lowest BCUT2D eigenvalue weighted by Gasteiger charge is -2.06. The molecule has 0 atom stereocenters. The minimum absolute atomic E-state index is 0.512. The highest BCUT2D eigenvalue weighted by atomic mass is 16.5. The van der Waals surface area contributed by atoms with Crippen LogP contribution in [-0.4, -0.2) is 39.6 Å². The molecule has 0 amide bonds. The van der Waals surface area contributed by atoms with Gasteiger partial charge in [0.25, 0.3) is 0 Å². The Morgan fingerprint density at radius 1 is 0.647 bits per heavy atom. The number of hydrogen-bond acceptors (Lipinski definition) is 3. The monoisotopic (exact) mass is 245 g/mol. The molecule has 0 aliphatic heterocycles. The summed E-state index contributed by atoms with van der Waals surface area (Å²) in [7, 11) is 0. The van der Waals surface area contributed by atoms with Crippen molar-refractivity contribution < 1.29 is 14.2 Å². The van der Waals surface area contributed by atoms with Crippen LogP contribution in [0.25, 0.3) is 0 Å². The molecule has 103 valence electrons. The molecule has 1 radical (unpaired) electrons. The van der Waals surface area contributed by atoms with Gasteiger partial charge in [0.15, 0.2) is 0 Å². The van der Waals surface area contributed by atoms with Crippen molar-refractivity contribution in [2.75, 3.05) is 39.6 Å². The Balaban J connectivity index is 2.85. The minimum Gasteiger partial charge on any atom is -0.379 e. The molecule has 0 bridgehead atoms. The van der Waals surface area contributed by atoms with E-state index < -0.39 is 0 Å². The summed E-state index contributed by atoms with van der Waals surface area (Å²) in [5.74, 6) is 0. The maximum Gasteiger partial charge on any atom is 0.0701 e. The lowest BCUT2D eigenvalue weighted by molar-refractivity contribution is 0.0185. The third kappa shape index (κ3) is 15.9. The SMILES string of the molecule is [CH2]COCCOCCOCCCCCCCC. The maximum atomic E-state index is 5.47. The van der Waals surface area contributed by atoms with E-state index in [-0.39, 0.29) is 0 Å². The molecule has 0 aliphatic carbocycles. The van der Waals surface area contributed by atoms with Gasteiger partial charge in [-0.05, 0) is 13.3 Å². The van der Waals surface area contributed by atoms with E-state index in [1.807, 2.05) is 0 Å². The largest absolute Gasteiger partial charge is 0.379 e. The van der Waals surface area contributed by atoms with Gasteiger partial charge < -0.3 is 14.2 Å². The zero-order chi connectivity index (χ0) is 12.6. The van der Waals surface area contributed by atoms with Crippen LogP contribution in [0.2, 0.25) is 0 Å². The van der Waals surface area contributed by atoms with Crippen molar-refractivity contribution in [2.45, 2.75) is 45.4 Å². The zero-order valence-corrected chi connectivity index (χ0v) is 11.4. The van der Waals surface area contributed by atoms with Crippen molar-refractivity contribution in [3.63, 3.8) is 0 Å². The quantitative estimate of drug-likeness (QED) is 0.440. The Morgan fingerprint density at radius 3 is 1.82 bits per heavy atom. The first-order valence-corrected chi connectivity index (χ1v) is 6.94. The standard InChI is InChI=1S/C14H29O3/c1-3-5-6-7-8-9-10-16-13-14-17-12-11-15-4-2/h2-14H2,1H3. The summed E-state index contributed by atoms with van der Waals surface area (Å²) in [5.41, 5.74) is 0. The first-order valence-electron chi connectivity index (χ1n) is 6.94. The number of unbranched alkanes of at least 4 members (excludes halogenated alkanes) is 5. The fraction of sp³-hybridized carbons (Fsp3) is 0.929. The molecule has 3 nitrogen and oxygen atoms in total. The first kappa shape index (κ1) is 16.9. The van der Waals surface area contributed by atoms with E-state index in [0.717, 1.165) is 6.61 Å². The summed E-state index contributed by atoms with van der Waals surface area (Å²) < 4.78 is 15.8. The normalized spacial score (nSPS) is 10.9. The molecular formula is C14H29O3. The Kier molecular flexibility index (Phi) is 15.8. The minimum atomic E-state index is 0.512. The predicted octanol–water partition coefficient (Wildman–Crippen LogP) is 3.23. The molecule has 0 unspecified atom stereocenters. The van der Waals surface area contributed by atoms with Gasteiger partial charge in [0.05, 0.1) is 26.4 Å². The fourth-order valence-electron chi connectivity index (χ4n) is 1.53. The summed E-state index contributed by atoms with van der Waals surface area (Å²) >= 11 is 0.